The van der Waals surface area contributed by atoms with E-state index >= 15 is 0 Å². The third kappa shape index (κ3) is 4.87. The normalized spacial score (nSPS) is 12.6. The second kappa shape index (κ2) is 8.76. The predicted molar refractivity (Wildman–Crippen MR) is 92.3 cm³/mol. The zero-order valence-corrected chi connectivity index (χ0v) is 14.5. The van der Waals surface area contributed by atoms with Crippen molar-refractivity contribution in [2.75, 3.05) is 20.7 Å². The van der Waals surface area contributed by atoms with E-state index in [0.717, 1.165) is 11.6 Å². The van der Waals surface area contributed by atoms with E-state index in [1.807, 2.05) is 38.2 Å². The molecule has 1 unspecified atom stereocenters. The zero-order chi connectivity index (χ0) is 17.4. The monoisotopic (exact) mass is 332 g/mol. The number of rotatable bonds is 7. The lowest BCUT2D eigenvalue weighted by Crippen LogP contribution is -2.41. The average molecular weight is 332 g/mol. The number of nitrogens with one attached hydrogen (secondary N) is 2. The summed E-state index contributed by atoms with van der Waals surface area (Å²) in [6.07, 6.45) is 1.46. The highest BCUT2D eigenvalue weighted by Gasteiger charge is 2.09. The van der Waals surface area contributed by atoms with Gasteiger partial charge in [-0.25, -0.2) is 4.98 Å². The van der Waals surface area contributed by atoms with Crippen molar-refractivity contribution in [1.29, 1.82) is 0 Å². The molecular weight excluding hydrogens is 308 g/mol. The summed E-state index contributed by atoms with van der Waals surface area (Å²) in [6.45, 7) is 3.11. The minimum atomic E-state index is -0.0605. The first kappa shape index (κ1) is 17.6. The molecule has 8 heteroatoms. The third-order valence-corrected chi connectivity index (χ3v) is 3.40. The van der Waals surface area contributed by atoms with E-state index in [0.29, 0.717) is 24.8 Å². The molecule has 0 radical (unpaired) electrons. The molecule has 1 atom stereocenters. The van der Waals surface area contributed by atoms with Crippen molar-refractivity contribution in [3.05, 3.63) is 36.4 Å². The van der Waals surface area contributed by atoms with Crippen LogP contribution < -0.4 is 20.1 Å². The summed E-state index contributed by atoms with van der Waals surface area (Å²) in [5, 5.41) is 10.4. The Balaban J connectivity index is 1.81. The fourth-order valence-electron chi connectivity index (χ4n) is 2.08. The maximum atomic E-state index is 5.90. The molecule has 24 heavy (non-hydrogen) atoms. The molecule has 0 saturated heterocycles. The fraction of sp³-hybridized carbons (Fsp3) is 0.438. The molecule has 0 aliphatic heterocycles. The summed E-state index contributed by atoms with van der Waals surface area (Å²) in [4.78, 5) is 8.35. The largest absolute Gasteiger partial charge is 0.493 e. The molecule has 8 nitrogen and oxygen atoms in total. The molecule has 2 N–H and O–H groups in total. The van der Waals surface area contributed by atoms with Crippen LogP contribution in [0.2, 0.25) is 0 Å². The third-order valence-electron chi connectivity index (χ3n) is 3.40. The van der Waals surface area contributed by atoms with E-state index < -0.39 is 0 Å². The van der Waals surface area contributed by atoms with E-state index in [4.69, 9.17) is 9.47 Å². The van der Waals surface area contributed by atoms with Crippen LogP contribution in [0.25, 0.3) is 0 Å². The Morgan fingerprint density at radius 1 is 1.29 bits per heavy atom. The maximum Gasteiger partial charge on any atom is 0.191 e. The number of nitrogens with zero attached hydrogens (tertiary/aromatic N) is 4. The average Bonchev–Trinajstić information content (AvgIpc) is 3.00. The smallest absolute Gasteiger partial charge is 0.191 e. The highest BCUT2D eigenvalue weighted by Crippen LogP contribution is 2.26. The Hall–Kier alpha value is -2.77. The lowest BCUT2D eigenvalue weighted by molar-refractivity contribution is 0.213. The van der Waals surface area contributed by atoms with Gasteiger partial charge in [-0.3, -0.25) is 9.67 Å². The van der Waals surface area contributed by atoms with Gasteiger partial charge in [-0.1, -0.05) is 12.1 Å². The van der Waals surface area contributed by atoms with Gasteiger partial charge < -0.3 is 20.1 Å². The van der Waals surface area contributed by atoms with Gasteiger partial charge in [0.1, 0.15) is 18.3 Å². The van der Waals surface area contributed by atoms with Gasteiger partial charge in [0, 0.05) is 14.1 Å². The van der Waals surface area contributed by atoms with Crippen LogP contribution in [0.3, 0.4) is 0 Å². The lowest BCUT2D eigenvalue weighted by atomic mass is 10.3. The van der Waals surface area contributed by atoms with E-state index in [-0.39, 0.29) is 6.10 Å². The summed E-state index contributed by atoms with van der Waals surface area (Å²) < 4.78 is 12.9. The molecule has 1 heterocycles. The Bertz CT molecular complexity index is 670. The lowest BCUT2D eigenvalue weighted by Gasteiger charge is -2.19. The highest BCUT2D eigenvalue weighted by molar-refractivity contribution is 5.79. The summed E-state index contributed by atoms with van der Waals surface area (Å²) in [5.41, 5.74) is 0. The summed E-state index contributed by atoms with van der Waals surface area (Å²) in [7, 11) is 5.20. The van der Waals surface area contributed by atoms with Crippen LogP contribution in [0, 0.1) is 0 Å². The van der Waals surface area contributed by atoms with Gasteiger partial charge in [0.2, 0.25) is 0 Å². The number of aromatic nitrogens is 3. The van der Waals surface area contributed by atoms with Crippen molar-refractivity contribution < 1.29 is 9.47 Å². The summed E-state index contributed by atoms with van der Waals surface area (Å²) >= 11 is 0. The quantitative estimate of drug-likeness (QED) is 0.580. The number of hydrogen-bond acceptors (Lipinski definition) is 5. The first-order valence-corrected chi connectivity index (χ1v) is 7.71. The highest BCUT2D eigenvalue weighted by atomic mass is 16.5. The maximum absolute atomic E-state index is 5.90. The fourth-order valence-corrected chi connectivity index (χ4v) is 2.08. The second-order valence-corrected chi connectivity index (χ2v) is 5.19. The van der Waals surface area contributed by atoms with Crippen LogP contribution in [-0.2, 0) is 13.6 Å². The van der Waals surface area contributed by atoms with Crippen molar-refractivity contribution in [1.82, 2.24) is 25.4 Å². The van der Waals surface area contributed by atoms with Gasteiger partial charge in [-0.05, 0) is 19.1 Å². The van der Waals surface area contributed by atoms with Gasteiger partial charge in [0.15, 0.2) is 17.5 Å². The molecule has 0 amide bonds. The second-order valence-electron chi connectivity index (χ2n) is 5.19. The SMILES string of the molecule is CN=C(NCc1ncnn1C)NCC(C)Oc1ccccc1OC. The predicted octanol–water partition coefficient (Wildman–Crippen LogP) is 0.956. The first-order valence-electron chi connectivity index (χ1n) is 7.71. The molecular formula is C16H24N6O2. The Kier molecular flexibility index (Phi) is 6.41. The Labute approximate surface area is 141 Å². The van der Waals surface area contributed by atoms with Gasteiger partial charge in [0.25, 0.3) is 0 Å². The molecule has 0 aliphatic rings. The van der Waals surface area contributed by atoms with Crippen molar-refractivity contribution in [3.63, 3.8) is 0 Å². The molecule has 2 aromatic rings. The van der Waals surface area contributed by atoms with Crippen LogP contribution in [-0.4, -0.2) is 47.5 Å². The van der Waals surface area contributed by atoms with Crippen molar-refractivity contribution >= 4 is 5.96 Å². The number of aliphatic imine (C=N–C) groups is 1. The van der Waals surface area contributed by atoms with E-state index in [2.05, 4.69) is 25.7 Å². The van der Waals surface area contributed by atoms with E-state index in [9.17, 15) is 0 Å². The molecule has 0 saturated carbocycles. The van der Waals surface area contributed by atoms with Crippen LogP contribution >= 0.6 is 0 Å². The van der Waals surface area contributed by atoms with Crippen molar-refractivity contribution in [3.8, 4) is 11.5 Å². The zero-order valence-electron chi connectivity index (χ0n) is 14.5. The van der Waals surface area contributed by atoms with Gasteiger partial charge in [-0.2, -0.15) is 5.10 Å². The number of methoxy groups -OCH3 is 1. The minimum absolute atomic E-state index is 0.0605. The van der Waals surface area contributed by atoms with Crippen molar-refractivity contribution in [2.45, 2.75) is 19.6 Å². The van der Waals surface area contributed by atoms with Crippen LogP contribution in [0.1, 0.15) is 12.7 Å². The summed E-state index contributed by atoms with van der Waals surface area (Å²) in [5.74, 6) is 2.94. The molecule has 0 aliphatic carbocycles. The van der Waals surface area contributed by atoms with Crippen LogP contribution in [0.5, 0.6) is 11.5 Å². The standard InChI is InChI=1S/C16H24N6O2/c1-12(24-14-8-6-5-7-13(14)23-4)9-18-16(17-2)19-10-15-20-11-21-22(15)3/h5-8,11-12H,9-10H2,1-4H3,(H2,17,18,19). The van der Waals surface area contributed by atoms with Crippen LogP contribution in [0.15, 0.2) is 35.6 Å². The number of hydrogen-bond donors (Lipinski definition) is 2. The van der Waals surface area contributed by atoms with Gasteiger partial charge in [0.05, 0.1) is 20.2 Å². The number of guanidine groups is 1. The van der Waals surface area contributed by atoms with Crippen LogP contribution in [0.4, 0.5) is 0 Å². The molecule has 1 aromatic heterocycles. The molecule has 130 valence electrons. The number of ether oxygens (including phenoxy) is 2. The number of aryl methyl sites for hydroxylation is 1. The molecule has 0 fully saturated rings. The molecule has 1 aromatic carbocycles. The number of benzene rings is 1. The minimum Gasteiger partial charge on any atom is -0.493 e. The van der Waals surface area contributed by atoms with E-state index in [1.54, 1.807) is 18.8 Å². The first-order chi connectivity index (χ1) is 11.6. The van der Waals surface area contributed by atoms with Crippen molar-refractivity contribution in [2.24, 2.45) is 12.0 Å². The van der Waals surface area contributed by atoms with Gasteiger partial charge in [-0.15, -0.1) is 0 Å². The topological polar surface area (TPSA) is 85.6 Å². The number of para-hydroxylation sites is 2. The summed E-state index contributed by atoms with van der Waals surface area (Å²) in [6, 6.07) is 7.58. The van der Waals surface area contributed by atoms with E-state index in [1.165, 1.54) is 6.33 Å². The Morgan fingerprint density at radius 3 is 2.67 bits per heavy atom. The Morgan fingerprint density at radius 2 is 2.04 bits per heavy atom. The molecule has 2 rings (SSSR count). The molecule has 0 spiro atoms. The molecule has 0 bridgehead atoms. The van der Waals surface area contributed by atoms with Gasteiger partial charge >= 0.3 is 0 Å².